The van der Waals surface area contributed by atoms with Crippen LogP contribution in [0.1, 0.15) is 6.92 Å². The van der Waals surface area contributed by atoms with E-state index in [1.54, 1.807) is 4.80 Å². The molecule has 0 amide bonds. The molecule has 23 heavy (non-hydrogen) atoms. The monoisotopic (exact) mass is 329 g/mol. The highest BCUT2D eigenvalue weighted by Gasteiger charge is 2.06. The Bertz CT molecular complexity index is 841. The Hall–Kier alpha value is -2.60. The molecule has 1 aromatic heterocycles. The number of benzene rings is 2. The summed E-state index contributed by atoms with van der Waals surface area (Å²) in [5, 5.41) is 8.93. The molecule has 2 N–H and O–H groups in total. The van der Waals surface area contributed by atoms with Gasteiger partial charge < -0.3 is 10.5 Å². The fraction of sp³-hybridized carbons (Fsp3) is 0.188. The SMILES string of the molecule is CCOc1ccc(-n2nc3ccc(N=C(N)CCl)cc3n2)cc1. The standard InChI is InChI=1S/C16H16ClN5O/c1-2-23-13-6-4-12(5-7-13)22-20-14-8-3-11(9-15(14)21-22)19-16(18)10-17/h3-9H,2,10H2,1H3,(H2,18,19). The minimum Gasteiger partial charge on any atom is -0.494 e. The molecule has 0 fully saturated rings. The lowest BCUT2D eigenvalue weighted by atomic mass is 10.3. The first-order chi connectivity index (χ1) is 11.2. The third-order valence-electron chi connectivity index (χ3n) is 3.15. The summed E-state index contributed by atoms with van der Waals surface area (Å²) in [6.45, 7) is 2.59. The van der Waals surface area contributed by atoms with E-state index >= 15 is 0 Å². The molecule has 0 unspecified atom stereocenters. The molecule has 3 rings (SSSR count). The van der Waals surface area contributed by atoms with Gasteiger partial charge in [0.2, 0.25) is 0 Å². The zero-order valence-corrected chi connectivity index (χ0v) is 13.4. The normalized spacial score (nSPS) is 11.8. The number of alkyl halides is 1. The summed E-state index contributed by atoms with van der Waals surface area (Å²) in [6, 6.07) is 13.1. The molecule has 0 aliphatic rings. The van der Waals surface area contributed by atoms with E-state index in [4.69, 9.17) is 22.1 Å². The molecule has 118 valence electrons. The molecule has 0 bridgehead atoms. The number of nitrogens with zero attached hydrogens (tertiary/aromatic N) is 4. The highest BCUT2D eigenvalue weighted by atomic mass is 35.5. The van der Waals surface area contributed by atoms with Gasteiger partial charge in [0.25, 0.3) is 0 Å². The number of aliphatic imine (C=N–C) groups is 1. The van der Waals surface area contributed by atoms with Gasteiger partial charge in [-0.25, -0.2) is 4.99 Å². The number of ether oxygens (including phenoxy) is 1. The smallest absolute Gasteiger partial charge is 0.119 e. The number of nitrogens with two attached hydrogens (primary N) is 1. The fourth-order valence-corrected chi connectivity index (χ4v) is 2.19. The highest BCUT2D eigenvalue weighted by molar-refractivity contribution is 6.28. The number of aromatic nitrogens is 3. The van der Waals surface area contributed by atoms with Gasteiger partial charge in [0, 0.05) is 0 Å². The average Bonchev–Trinajstić information content (AvgIpc) is 2.99. The second kappa shape index (κ2) is 6.66. The van der Waals surface area contributed by atoms with Gasteiger partial charge in [-0.15, -0.1) is 21.8 Å². The van der Waals surface area contributed by atoms with Crippen molar-refractivity contribution >= 4 is 34.2 Å². The Morgan fingerprint density at radius 1 is 1.17 bits per heavy atom. The third kappa shape index (κ3) is 3.43. The van der Waals surface area contributed by atoms with Crippen LogP contribution in [-0.2, 0) is 0 Å². The summed E-state index contributed by atoms with van der Waals surface area (Å²) in [5.41, 5.74) is 8.73. The van der Waals surface area contributed by atoms with Crippen LogP contribution in [0.15, 0.2) is 47.5 Å². The van der Waals surface area contributed by atoms with E-state index in [0.29, 0.717) is 18.1 Å². The van der Waals surface area contributed by atoms with Gasteiger partial charge in [0.05, 0.1) is 23.9 Å². The van der Waals surface area contributed by atoms with Crippen molar-refractivity contribution in [3.05, 3.63) is 42.5 Å². The molecule has 2 aromatic carbocycles. The van der Waals surface area contributed by atoms with Gasteiger partial charge >= 0.3 is 0 Å². The number of hydrogen-bond donors (Lipinski definition) is 1. The van der Waals surface area contributed by atoms with Crippen molar-refractivity contribution in [3.63, 3.8) is 0 Å². The van der Waals surface area contributed by atoms with Crippen LogP contribution in [0.2, 0.25) is 0 Å². The largest absolute Gasteiger partial charge is 0.494 e. The van der Waals surface area contributed by atoms with Crippen LogP contribution in [0, 0.1) is 0 Å². The topological polar surface area (TPSA) is 78.3 Å². The van der Waals surface area contributed by atoms with E-state index in [1.165, 1.54) is 0 Å². The number of halogens is 1. The molecule has 0 saturated carbocycles. The van der Waals surface area contributed by atoms with E-state index in [1.807, 2.05) is 49.4 Å². The van der Waals surface area contributed by atoms with E-state index in [0.717, 1.165) is 22.5 Å². The molecule has 0 aliphatic heterocycles. The molecule has 0 aliphatic carbocycles. The van der Waals surface area contributed by atoms with Crippen LogP contribution < -0.4 is 10.5 Å². The molecule has 0 atom stereocenters. The first kappa shape index (κ1) is 15.3. The molecule has 7 heteroatoms. The molecule has 0 spiro atoms. The minimum atomic E-state index is 0.191. The van der Waals surface area contributed by atoms with Gasteiger partial charge in [-0.2, -0.15) is 4.80 Å². The summed E-state index contributed by atoms with van der Waals surface area (Å²) in [5.74, 6) is 1.38. The average molecular weight is 330 g/mol. The zero-order chi connectivity index (χ0) is 16.2. The molecule has 3 aromatic rings. The van der Waals surface area contributed by atoms with Crippen LogP contribution in [0.4, 0.5) is 5.69 Å². The zero-order valence-electron chi connectivity index (χ0n) is 12.6. The maximum atomic E-state index is 5.65. The van der Waals surface area contributed by atoms with Gasteiger partial charge in [0.1, 0.15) is 22.6 Å². The van der Waals surface area contributed by atoms with E-state index < -0.39 is 0 Å². The Balaban J connectivity index is 1.93. The Morgan fingerprint density at radius 3 is 2.61 bits per heavy atom. The summed E-state index contributed by atoms with van der Waals surface area (Å²) in [6.07, 6.45) is 0. The van der Waals surface area contributed by atoms with Crippen molar-refractivity contribution in [1.82, 2.24) is 15.0 Å². The molecule has 0 saturated heterocycles. The molecular formula is C16H16ClN5O. The summed E-state index contributed by atoms with van der Waals surface area (Å²) < 4.78 is 5.43. The van der Waals surface area contributed by atoms with Crippen LogP contribution in [0.5, 0.6) is 5.75 Å². The molecule has 1 heterocycles. The van der Waals surface area contributed by atoms with Crippen LogP contribution in [0.3, 0.4) is 0 Å². The van der Waals surface area contributed by atoms with Crippen molar-refractivity contribution < 1.29 is 4.74 Å². The first-order valence-corrected chi connectivity index (χ1v) is 7.72. The maximum Gasteiger partial charge on any atom is 0.119 e. The Labute approximate surface area is 138 Å². The number of amidine groups is 1. The quantitative estimate of drug-likeness (QED) is 0.443. The van der Waals surface area contributed by atoms with Crippen LogP contribution >= 0.6 is 11.6 Å². The van der Waals surface area contributed by atoms with Crippen LogP contribution in [0.25, 0.3) is 16.7 Å². The Kier molecular flexibility index (Phi) is 4.43. The fourth-order valence-electron chi connectivity index (χ4n) is 2.13. The second-order valence-electron chi connectivity index (χ2n) is 4.83. The molecule has 6 nitrogen and oxygen atoms in total. The van der Waals surface area contributed by atoms with Gasteiger partial charge in [-0.3, -0.25) is 0 Å². The van der Waals surface area contributed by atoms with Crippen molar-refractivity contribution in [1.29, 1.82) is 0 Å². The number of rotatable bonds is 5. The van der Waals surface area contributed by atoms with Gasteiger partial charge in [-0.1, -0.05) is 0 Å². The van der Waals surface area contributed by atoms with E-state index in [-0.39, 0.29) is 5.88 Å². The lowest BCUT2D eigenvalue weighted by Crippen LogP contribution is -2.12. The lowest BCUT2D eigenvalue weighted by Gasteiger charge is -2.03. The van der Waals surface area contributed by atoms with Crippen molar-refractivity contribution in [3.8, 4) is 11.4 Å². The summed E-state index contributed by atoms with van der Waals surface area (Å²) >= 11 is 5.64. The lowest BCUT2D eigenvalue weighted by molar-refractivity contribution is 0.340. The van der Waals surface area contributed by atoms with Crippen LogP contribution in [-0.4, -0.2) is 33.3 Å². The Morgan fingerprint density at radius 2 is 1.91 bits per heavy atom. The summed E-state index contributed by atoms with van der Waals surface area (Å²) in [7, 11) is 0. The van der Waals surface area contributed by atoms with Gasteiger partial charge in [-0.05, 0) is 49.4 Å². The number of hydrogen-bond acceptors (Lipinski definition) is 4. The first-order valence-electron chi connectivity index (χ1n) is 7.19. The third-order valence-corrected chi connectivity index (χ3v) is 3.43. The van der Waals surface area contributed by atoms with Crippen molar-refractivity contribution in [2.45, 2.75) is 6.92 Å². The van der Waals surface area contributed by atoms with E-state index in [2.05, 4.69) is 15.2 Å². The molecule has 0 radical (unpaired) electrons. The minimum absolute atomic E-state index is 0.191. The van der Waals surface area contributed by atoms with Gasteiger partial charge in [0.15, 0.2) is 0 Å². The van der Waals surface area contributed by atoms with Crippen molar-refractivity contribution in [2.75, 3.05) is 12.5 Å². The maximum absolute atomic E-state index is 5.65. The second-order valence-corrected chi connectivity index (χ2v) is 5.09. The van der Waals surface area contributed by atoms with Crippen molar-refractivity contribution in [2.24, 2.45) is 10.7 Å². The summed E-state index contributed by atoms with van der Waals surface area (Å²) in [4.78, 5) is 5.79. The predicted molar refractivity (Wildman–Crippen MR) is 92.0 cm³/mol. The predicted octanol–water partition coefficient (Wildman–Crippen LogP) is 3.05. The molecular weight excluding hydrogens is 314 g/mol. The number of fused-ring (bicyclic) bond motifs is 1. The van der Waals surface area contributed by atoms with E-state index in [9.17, 15) is 0 Å². The highest BCUT2D eigenvalue weighted by Crippen LogP contribution is 2.20.